The Balaban J connectivity index is 1.44. The molecule has 5 aromatic rings. The van der Waals surface area contributed by atoms with Crippen molar-refractivity contribution in [3.8, 4) is 5.75 Å². The van der Waals surface area contributed by atoms with Crippen LogP contribution in [0.5, 0.6) is 5.75 Å². The highest BCUT2D eigenvalue weighted by Gasteiger charge is 2.43. The Hall–Kier alpha value is -4.16. The standard InChI is InChI=1S/C31H22BrNO4/c1-19-7-12-23(13-8-19)33-28(21-9-14-24(15-10-21)36-18-20-5-3-2-4-6-20)27-29(34)25-17-22(32)11-16-26(25)37-30(27)31(33)35/h2-17,28H,18H2,1H3. The minimum Gasteiger partial charge on any atom is -0.489 e. The summed E-state index contributed by atoms with van der Waals surface area (Å²) in [5.74, 6) is 0.443. The molecule has 0 saturated heterocycles. The first kappa shape index (κ1) is 23.3. The van der Waals surface area contributed by atoms with Crippen molar-refractivity contribution in [2.75, 3.05) is 4.90 Å². The Morgan fingerprint density at radius 1 is 0.892 bits per heavy atom. The summed E-state index contributed by atoms with van der Waals surface area (Å²) in [4.78, 5) is 29.1. The molecule has 0 radical (unpaired) electrons. The quantitative estimate of drug-likeness (QED) is 0.232. The summed E-state index contributed by atoms with van der Waals surface area (Å²) in [7, 11) is 0. The summed E-state index contributed by atoms with van der Waals surface area (Å²) in [5, 5.41) is 0.430. The lowest BCUT2D eigenvalue weighted by Gasteiger charge is -2.25. The van der Waals surface area contributed by atoms with Gasteiger partial charge < -0.3 is 9.15 Å². The van der Waals surface area contributed by atoms with Crippen LogP contribution >= 0.6 is 15.9 Å². The van der Waals surface area contributed by atoms with Gasteiger partial charge in [0.25, 0.3) is 5.91 Å². The Morgan fingerprint density at radius 2 is 1.62 bits per heavy atom. The molecule has 6 rings (SSSR count). The molecule has 4 aromatic carbocycles. The minimum absolute atomic E-state index is 0.0785. The van der Waals surface area contributed by atoms with Gasteiger partial charge in [-0.25, -0.2) is 0 Å². The minimum atomic E-state index is -0.631. The Morgan fingerprint density at radius 3 is 2.35 bits per heavy atom. The molecule has 2 heterocycles. The number of aryl methyl sites for hydroxylation is 1. The van der Waals surface area contributed by atoms with Crippen LogP contribution in [0.3, 0.4) is 0 Å². The number of nitrogens with zero attached hydrogens (tertiary/aromatic N) is 1. The van der Waals surface area contributed by atoms with E-state index in [2.05, 4.69) is 15.9 Å². The Labute approximate surface area is 222 Å². The monoisotopic (exact) mass is 551 g/mol. The predicted molar refractivity (Wildman–Crippen MR) is 147 cm³/mol. The molecule has 37 heavy (non-hydrogen) atoms. The van der Waals surface area contributed by atoms with Crippen molar-refractivity contribution >= 4 is 38.5 Å². The highest BCUT2D eigenvalue weighted by molar-refractivity contribution is 9.10. The van der Waals surface area contributed by atoms with Crippen LogP contribution in [0.25, 0.3) is 11.0 Å². The van der Waals surface area contributed by atoms with E-state index in [-0.39, 0.29) is 17.1 Å². The fourth-order valence-corrected chi connectivity index (χ4v) is 5.08. The number of fused-ring (bicyclic) bond motifs is 2. The maximum absolute atomic E-state index is 13.8. The van der Waals surface area contributed by atoms with Gasteiger partial charge in [-0.1, -0.05) is 76.1 Å². The predicted octanol–water partition coefficient (Wildman–Crippen LogP) is 7.19. The number of hydrogen-bond acceptors (Lipinski definition) is 4. The second-order valence-electron chi connectivity index (χ2n) is 9.07. The van der Waals surface area contributed by atoms with Crippen LogP contribution in [0.15, 0.2) is 111 Å². The van der Waals surface area contributed by atoms with Crippen molar-refractivity contribution in [2.24, 2.45) is 0 Å². The van der Waals surface area contributed by atoms with Gasteiger partial charge in [0.2, 0.25) is 5.76 Å². The summed E-state index contributed by atoms with van der Waals surface area (Å²) in [6, 6.07) is 29.8. The van der Waals surface area contributed by atoms with Crippen LogP contribution in [0.4, 0.5) is 5.69 Å². The molecule has 1 aromatic heterocycles. The van der Waals surface area contributed by atoms with E-state index < -0.39 is 6.04 Å². The van der Waals surface area contributed by atoms with Gasteiger partial charge in [0.15, 0.2) is 5.43 Å². The summed E-state index contributed by atoms with van der Waals surface area (Å²) in [6.45, 7) is 2.44. The van der Waals surface area contributed by atoms with E-state index in [4.69, 9.17) is 9.15 Å². The van der Waals surface area contributed by atoms with E-state index >= 15 is 0 Å². The van der Waals surface area contributed by atoms with Gasteiger partial charge in [0.05, 0.1) is 17.0 Å². The first-order valence-electron chi connectivity index (χ1n) is 11.9. The van der Waals surface area contributed by atoms with Crippen molar-refractivity contribution in [1.29, 1.82) is 0 Å². The number of benzene rings is 4. The van der Waals surface area contributed by atoms with E-state index in [1.165, 1.54) is 0 Å². The zero-order valence-electron chi connectivity index (χ0n) is 20.0. The molecule has 0 N–H and O–H groups in total. The molecule has 0 aliphatic carbocycles. The summed E-state index contributed by atoms with van der Waals surface area (Å²) >= 11 is 3.44. The summed E-state index contributed by atoms with van der Waals surface area (Å²) < 4.78 is 12.8. The molecular weight excluding hydrogens is 530 g/mol. The molecule has 0 bridgehead atoms. The van der Waals surface area contributed by atoms with Crippen LogP contribution in [-0.4, -0.2) is 5.91 Å². The maximum Gasteiger partial charge on any atom is 0.295 e. The largest absolute Gasteiger partial charge is 0.489 e. The van der Waals surface area contributed by atoms with Gasteiger partial charge >= 0.3 is 0 Å². The van der Waals surface area contributed by atoms with Gasteiger partial charge in [0, 0.05) is 10.2 Å². The number of anilines is 1. The summed E-state index contributed by atoms with van der Waals surface area (Å²) in [6.07, 6.45) is 0. The van der Waals surface area contributed by atoms with E-state index in [0.717, 1.165) is 21.2 Å². The van der Waals surface area contributed by atoms with Crippen molar-refractivity contribution in [3.05, 3.63) is 140 Å². The fraction of sp³-hybridized carbons (Fsp3) is 0.0968. The first-order chi connectivity index (χ1) is 18.0. The number of amides is 1. The lowest BCUT2D eigenvalue weighted by molar-refractivity contribution is 0.0971. The van der Waals surface area contributed by atoms with Crippen LogP contribution in [0.1, 0.15) is 38.9 Å². The lowest BCUT2D eigenvalue weighted by Crippen LogP contribution is -2.29. The molecule has 1 aliphatic rings. The van der Waals surface area contributed by atoms with Gasteiger partial charge in [0.1, 0.15) is 17.9 Å². The zero-order valence-corrected chi connectivity index (χ0v) is 21.6. The second-order valence-corrected chi connectivity index (χ2v) is 9.99. The third-order valence-electron chi connectivity index (χ3n) is 6.59. The molecule has 5 nitrogen and oxygen atoms in total. The zero-order chi connectivity index (χ0) is 25.5. The van der Waals surface area contributed by atoms with Gasteiger partial charge in [-0.05, 0) is 60.5 Å². The third-order valence-corrected chi connectivity index (χ3v) is 7.08. The highest BCUT2D eigenvalue weighted by atomic mass is 79.9. The molecule has 1 amide bonds. The molecule has 1 aliphatic heterocycles. The van der Waals surface area contributed by atoms with E-state index in [0.29, 0.717) is 34.6 Å². The normalized spacial score (nSPS) is 14.7. The fourth-order valence-electron chi connectivity index (χ4n) is 4.72. The molecule has 0 spiro atoms. The molecule has 6 heteroatoms. The second kappa shape index (κ2) is 9.37. The number of rotatable bonds is 5. The average Bonchev–Trinajstić information content (AvgIpc) is 3.21. The van der Waals surface area contributed by atoms with Crippen LogP contribution in [0, 0.1) is 6.92 Å². The van der Waals surface area contributed by atoms with Crippen molar-refractivity contribution in [1.82, 2.24) is 0 Å². The SMILES string of the molecule is Cc1ccc(N2C(=O)c3oc4ccc(Br)cc4c(=O)c3C2c2ccc(OCc3ccccc3)cc2)cc1. The number of hydrogen-bond donors (Lipinski definition) is 0. The third kappa shape index (κ3) is 4.23. The highest BCUT2D eigenvalue weighted by Crippen LogP contribution is 2.41. The molecule has 0 saturated carbocycles. The molecule has 0 fully saturated rings. The van der Waals surface area contributed by atoms with Gasteiger partial charge in [-0.2, -0.15) is 0 Å². The van der Waals surface area contributed by atoms with E-state index in [1.807, 2.05) is 85.8 Å². The van der Waals surface area contributed by atoms with Crippen molar-refractivity contribution in [2.45, 2.75) is 19.6 Å². The molecule has 1 unspecified atom stereocenters. The molecule has 1 atom stereocenters. The Bertz CT molecular complexity index is 1680. The lowest BCUT2D eigenvalue weighted by atomic mass is 9.98. The van der Waals surface area contributed by atoms with Crippen LogP contribution in [-0.2, 0) is 6.61 Å². The molecule has 182 valence electrons. The van der Waals surface area contributed by atoms with Crippen LogP contribution < -0.4 is 15.1 Å². The average molecular weight is 552 g/mol. The van der Waals surface area contributed by atoms with Crippen molar-refractivity contribution < 1.29 is 13.9 Å². The maximum atomic E-state index is 13.8. The van der Waals surface area contributed by atoms with Crippen LogP contribution in [0.2, 0.25) is 0 Å². The van der Waals surface area contributed by atoms with Gasteiger partial charge in [-0.15, -0.1) is 0 Å². The number of halogens is 1. The number of carbonyl (C=O) groups excluding carboxylic acids is 1. The topological polar surface area (TPSA) is 59.8 Å². The van der Waals surface area contributed by atoms with E-state index in [9.17, 15) is 9.59 Å². The smallest absolute Gasteiger partial charge is 0.295 e. The first-order valence-corrected chi connectivity index (χ1v) is 12.7. The van der Waals surface area contributed by atoms with Crippen molar-refractivity contribution in [3.63, 3.8) is 0 Å². The molecular formula is C31H22BrNO4. The van der Waals surface area contributed by atoms with Gasteiger partial charge in [-0.3, -0.25) is 14.5 Å². The number of ether oxygens (including phenoxy) is 1. The number of carbonyl (C=O) groups is 1. The van der Waals surface area contributed by atoms with E-state index in [1.54, 1.807) is 23.1 Å². The summed E-state index contributed by atoms with van der Waals surface area (Å²) in [5.41, 5.74) is 4.15. The Kier molecular flexibility index (Phi) is 5.89.